The first kappa shape index (κ1) is 7.34. The second-order valence-corrected chi connectivity index (χ2v) is 2.13. The van der Waals surface area contributed by atoms with E-state index in [1.54, 1.807) is 0 Å². The molecule has 0 spiro atoms. The van der Waals surface area contributed by atoms with Gasteiger partial charge in [-0.2, -0.15) is 0 Å². The lowest BCUT2D eigenvalue weighted by Gasteiger charge is -2.02. The number of aliphatic hydroxyl groups excluding tert-OH is 1. The number of hydrogen-bond acceptors (Lipinski definition) is 3. The molecule has 1 atom stereocenters. The zero-order valence-corrected chi connectivity index (χ0v) is 5.51. The molecule has 0 bridgehead atoms. The Morgan fingerprint density at radius 3 is 3.30 bits per heavy atom. The number of halogens is 1. The molecule has 0 radical (unpaired) electrons. The molecule has 1 rings (SSSR count). The molecule has 0 aromatic carbocycles. The molecule has 4 heteroatoms. The molecule has 1 fully saturated rings. The number of nitrogens with one attached hydrogen (secondary N) is 1. The van der Waals surface area contributed by atoms with E-state index in [0.717, 1.165) is 6.26 Å². The summed E-state index contributed by atoms with van der Waals surface area (Å²) in [6, 6.07) is 0. The molecule has 1 aliphatic heterocycles. The molecule has 1 heterocycles. The van der Waals surface area contributed by atoms with Crippen LogP contribution in [0.25, 0.3) is 0 Å². The summed E-state index contributed by atoms with van der Waals surface area (Å²) in [5, 5.41) is 11.2. The first-order chi connectivity index (χ1) is 4.83. The molecule has 0 aromatic heterocycles. The van der Waals surface area contributed by atoms with Crippen molar-refractivity contribution in [3.05, 3.63) is 12.0 Å². The van der Waals surface area contributed by atoms with Gasteiger partial charge in [0.2, 0.25) is 0 Å². The first-order valence-corrected chi connectivity index (χ1v) is 3.14. The average Bonchev–Trinajstić information content (AvgIpc) is 2.14. The van der Waals surface area contributed by atoms with Gasteiger partial charge in [0.1, 0.15) is 24.8 Å². The second kappa shape index (κ2) is 3.41. The van der Waals surface area contributed by atoms with Crippen molar-refractivity contribution in [2.24, 2.45) is 0 Å². The lowest BCUT2D eigenvalue weighted by molar-refractivity contribution is 0.145. The minimum atomic E-state index is -0.975. The molecule has 0 aromatic rings. The van der Waals surface area contributed by atoms with Gasteiger partial charge in [-0.25, -0.2) is 4.39 Å². The van der Waals surface area contributed by atoms with Crippen molar-refractivity contribution in [1.82, 2.24) is 5.32 Å². The van der Waals surface area contributed by atoms with Crippen LogP contribution in [0, 0.1) is 0 Å². The van der Waals surface area contributed by atoms with E-state index in [0.29, 0.717) is 12.3 Å². The molecule has 0 saturated carbocycles. The molecule has 3 nitrogen and oxygen atoms in total. The Morgan fingerprint density at radius 2 is 2.60 bits per heavy atom. The number of ether oxygens (including phenoxy) is 1. The van der Waals surface area contributed by atoms with Crippen LogP contribution in [0.5, 0.6) is 0 Å². The topological polar surface area (TPSA) is 41.5 Å². The van der Waals surface area contributed by atoms with Gasteiger partial charge in [0.05, 0.1) is 6.54 Å². The highest BCUT2D eigenvalue weighted by molar-refractivity contribution is 4.91. The van der Waals surface area contributed by atoms with Crippen molar-refractivity contribution < 1.29 is 14.2 Å². The van der Waals surface area contributed by atoms with E-state index in [4.69, 9.17) is 9.84 Å². The summed E-state index contributed by atoms with van der Waals surface area (Å²) in [5.74, 6) is 0.389. The van der Waals surface area contributed by atoms with Crippen LogP contribution in [-0.2, 0) is 4.74 Å². The quantitative estimate of drug-likeness (QED) is 0.485. The Kier molecular flexibility index (Phi) is 2.50. The fourth-order valence-electron chi connectivity index (χ4n) is 0.742. The molecule has 2 N–H and O–H groups in total. The summed E-state index contributed by atoms with van der Waals surface area (Å²) in [6.07, 6.45) is -0.122. The number of hydrogen-bond donors (Lipinski definition) is 2. The highest BCUT2D eigenvalue weighted by Gasteiger charge is 2.12. The van der Waals surface area contributed by atoms with Gasteiger partial charge in [0, 0.05) is 6.54 Å². The summed E-state index contributed by atoms with van der Waals surface area (Å²) < 4.78 is 17.3. The summed E-state index contributed by atoms with van der Waals surface area (Å²) in [7, 11) is 0. The zero-order valence-electron chi connectivity index (χ0n) is 5.51. The molecule has 58 valence electrons. The van der Waals surface area contributed by atoms with Crippen molar-refractivity contribution in [3.63, 3.8) is 0 Å². The normalized spacial score (nSPS) is 31.3. The number of rotatable bonds is 0. The van der Waals surface area contributed by atoms with Gasteiger partial charge >= 0.3 is 0 Å². The predicted octanol–water partition coefficient (Wildman–Crippen LogP) is 0.344. The number of aliphatic hydroxyl groups is 1. The van der Waals surface area contributed by atoms with Crippen molar-refractivity contribution in [2.45, 2.75) is 6.17 Å². The van der Waals surface area contributed by atoms with Gasteiger partial charge < -0.3 is 15.2 Å². The Labute approximate surface area is 58.5 Å². The second-order valence-electron chi connectivity index (χ2n) is 2.13. The van der Waals surface area contributed by atoms with E-state index < -0.39 is 6.17 Å². The zero-order chi connectivity index (χ0) is 7.40. The Morgan fingerprint density at radius 1 is 1.80 bits per heavy atom. The lowest BCUT2D eigenvalue weighted by Crippen LogP contribution is -2.23. The largest absolute Gasteiger partial charge is 0.512 e. The summed E-state index contributed by atoms with van der Waals surface area (Å²) in [6.45, 7) is 0.716. The highest BCUT2D eigenvalue weighted by Crippen LogP contribution is 2.02. The molecule has 0 unspecified atom stereocenters. The third kappa shape index (κ3) is 1.88. The fourth-order valence-corrected chi connectivity index (χ4v) is 0.742. The molecule has 10 heavy (non-hydrogen) atoms. The fraction of sp³-hybridized carbons (Fsp3) is 0.667. The van der Waals surface area contributed by atoms with E-state index >= 15 is 0 Å². The summed E-state index contributed by atoms with van der Waals surface area (Å²) in [5.41, 5.74) is 0. The third-order valence-electron chi connectivity index (χ3n) is 1.26. The smallest absolute Gasteiger partial charge is 0.146 e. The van der Waals surface area contributed by atoms with Crippen LogP contribution in [0.15, 0.2) is 12.0 Å². The molecule has 1 aliphatic rings. The monoisotopic (exact) mass is 147 g/mol. The Bertz CT molecular complexity index is 138. The Hall–Kier alpha value is -0.770. The first-order valence-electron chi connectivity index (χ1n) is 3.14. The Balaban J connectivity index is 2.41. The minimum Gasteiger partial charge on any atom is -0.512 e. The molecular weight excluding hydrogens is 137 g/mol. The van der Waals surface area contributed by atoms with Crippen LogP contribution in [0.4, 0.5) is 4.39 Å². The maximum Gasteiger partial charge on any atom is 0.146 e. The summed E-state index contributed by atoms with van der Waals surface area (Å²) >= 11 is 0. The average molecular weight is 147 g/mol. The van der Waals surface area contributed by atoms with E-state index in [-0.39, 0.29) is 13.2 Å². The van der Waals surface area contributed by atoms with Gasteiger partial charge in [0.25, 0.3) is 0 Å². The van der Waals surface area contributed by atoms with Gasteiger partial charge in [-0.1, -0.05) is 0 Å². The SMILES string of the molecule is OC=C1CNC[C@H](F)CO1. The van der Waals surface area contributed by atoms with E-state index in [9.17, 15) is 4.39 Å². The highest BCUT2D eigenvalue weighted by atomic mass is 19.1. The standard InChI is InChI=1S/C6H10FNO2/c7-5-1-8-2-6(3-9)10-4-5/h3,5,8-9H,1-2,4H2/t5-/m0/s1. The van der Waals surface area contributed by atoms with E-state index in [1.807, 2.05) is 0 Å². The minimum absolute atomic E-state index is 0.0272. The molecule has 0 amide bonds. The van der Waals surface area contributed by atoms with Crippen LogP contribution < -0.4 is 5.32 Å². The molecule has 1 saturated heterocycles. The van der Waals surface area contributed by atoms with Crippen molar-refractivity contribution >= 4 is 0 Å². The van der Waals surface area contributed by atoms with Crippen LogP contribution in [0.1, 0.15) is 0 Å². The summed E-state index contributed by atoms with van der Waals surface area (Å²) in [4.78, 5) is 0. The van der Waals surface area contributed by atoms with Crippen LogP contribution in [0.3, 0.4) is 0 Å². The van der Waals surface area contributed by atoms with Crippen molar-refractivity contribution in [1.29, 1.82) is 0 Å². The number of alkyl halides is 1. The van der Waals surface area contributed by atoms with Gasteiger partial charge in [-0.05, 0) is 0 Å². The van der Waals surface area contributed by atoms with Crippen LogP contribution in [0.2, 0.25) is 0 Å². The van der Waals surface area contributed by atoms with Crippen LogP contribution >= 0.6 is 0 Å². The predicted molar refractivity (Wildman–Crippen MR) is 34.4 cm³/mol. The maximum atomic E-state index is 12.5. The molecular formula is C6H10FNO2. The van der Waals surface area contributed by atoms with Gasteiger partial charge in [-0.3, -0.25) is 0 Å². The van der Waals surface area contributed by atoms with E-state index in [1.165, 1.54) is 0 Å². The third-order valence-corrected chi connectivity index (χ3v) is 1.26. The van der Waals surface area contributed by atoms with Gasteiger partial charge in [-0.15, -0.1) is 0 Å². The van der Waals surface area contributed by atoms with Crippen LogP contribution in [-0.4, -0.2) is 31.0 Å². The molecule has 0 aliphatic carbocycles. The van der Waals surface area contributed by atoms with Crippen molar-refractivity contribution in [2.75, 3.05) is 19.7 Å². The van der Waals surface area contributed by atoms with E-state index in [2.05, 4.69) is 5.32 Å². The van der Waals surface area contributed by atoms with Gasteiger partial charge in [0.15, 0.2) is 0 Å². The van der Waals surface area contributed by atoms with Crippen molar-refractivity contribution in [3.8, 4) is 0 Å². The maximum absolute atomic E-state index is 12.5. The lowest BCUT2D eigenvalue weighted by atomic mass is 10.4.